The fourth-order valence-corrected chi connectivity index (χ4v) is 2.30. The average Bonchev–Trinajstić information content (AvgIpc) is 2.72. The van der Waals surface area contributed by atoms with Crippen LogP contribution in [0.5, 0.6) is 0 Å². The van der Waals surface area contributed by atoms with Gasteiger partial charge in [-0.05, 0) is 18.6 Å². The van der Waals surface area contributed by atoms with Gasteiger partial charge in [0, 0.05) is 26.2 Å². The molecule has 2 N–H and O–H groups in total. The lowest BCUT2D eigenvalue weighted by molar-refractivity contribution is -0.129. The molecule has 1 heterocycles. The van der Waals surface area contributed by atoms with Crippen molar-refractivity contribution in [3.63, 3.8) is 0 Å². The summed E-state index contributed by atoms with van der Waals surface area (Å²) in [6.45, 7) is 1.91. The summed E-state index contributed by atoms with van der Waals surface area (Å²) in [5, 5.41) is 0. The van der Waals surface area contributed by atoms with E-state index in [0.717, 1.165) is 0 Å². The van der Waals surface area contributed by atoms with E-state index in [0.29, 0.717) is 32.6 Å². The summed E-state index contributed by atoms with van der Waals surface area (Å²) in [7, 11) is 0. The Morgan fingerprint density at radius 1 is 1.10 bits per heavy atom. The molecule has 0 spiro atoms. The minimum absolute atomic E-state index is 0.0265. The second kappa shape index (κ2) is 6.47. The van der Waals surface area contributed by atoms with Crippen molar-refractivity contribution >= 4 is 11.8 Å². The van der Waals surface area contributed by atoms with Crippen molar-refractivity contribution in [3.05, 3.63) is 35.6 Å². The highest BCUT2D eigenvalue weighted by atomic mass is 19.1. The van der Waals surface area contributed by atoms with Gasteiger partial charge in [-0.15, -0.1) is 0 Å². The van der Waals surface area contributed by atoms with Gasteiger partial charge >= 0.3 is 0 Å². The summed E-state index contributed by atoms with van der Waals surface area (Å²) in [6.07, 6.45) is 0.673. The Morgan fingerprint density at radius 2 is 1.75 bits per heavy atom. The molecular formula is C14H18FN3O2. The predicted octanol–water partition coefficient (Wildman–Crippen LogP) is 0.459. The van der Waals surface area contributed by atoms with E-state index >= 15 is 0 Å². The molecule has 1 aromatic rings. The van der Waals surface area contributed by atoms with Gasteiger partial charge in [0.25, 0.3) is 5.91 Å². The largest absolute Gasteiger partial charge is 0.340 e. The third-order valence-corrected chi connectivity index (χ3v) is 3.41. The van der Waals surface area contributed by atoms with Gasteiger partial charge < -0.3 is 15.5 Å². The number of rotatable bonds is 2. The monoisotopic (exact) mass is 279 g/mol. The zero-order valence-electron chi connectivity index (χ0n) is 11.2. The van der Waals surface area contributed by atoms with E-state index in [1.807, 2.05) is 0 Å². The molecule has 1 aliphatic rings. The van der Waals surface area contributed by atoms with E-state index in [1.54, 1.807) is 21.9 Å². The summed E-state index contributed by atoms with van der Waals surface area (Å²) in [6, 6.07) is 5.94. The van der Waals surface area contributed by atoms with Crippen LogP contribution in [0.25, 0.3) is 0 Å². The number of carbonyl (C=O) groups is 2. The molecule has 0 aromatic heterocycles. The summed E-state index contributed by atoms with van der Waals surface area (Å²) in [5.41, 5.74) is 5.41. The minimum Gasteiger partial charge on any atom is -0.340 e. The number of nitrogens with two attached hydrogens (primary N) is 1. The van der Waals surface area contributed by atoms with Crippen molar-refractivity contribution in [1.29, 1.82) is 0 Å². The van der Waals surface area contributed by atoms with E-state index in [4.69, 9.17) is 5.73 Å². The Hall–Kier alpha value is -1.95. The maximum absolute atomic E-state index is 13.6. The lowest BCUT2D eigenvalue weighted by Gasteiger charge is -2.22. The maximum atomic E-state index is 13.6. The number of nitrogens with zero attached hydrogens (tertiary/aromatic N) is 2. The first-order chi connectivity index (χ1) is 9.63. The van der Waals surface area contributed by atoms with Crippen LogP contribution in [0, 0.1) is 5.82 Å². The average molecular weight is 279 g/mol. The standard InChI is InChI=1S/C14H18FN3O2/c15-12-5-2-1-4-11(12)14(20)18-7-3-6-17(8-9-18)13(19)10-16/h1-2,4-5H,3,6-10,16H2. The van der Waals surface area contributed by atoms with Gasteiger partial charge in [0.05, 0.1) is 12.1 Å². The van der Waals surface area contributed by atoms with Crippen LogP contribution in [0.4, 0.5) is 4.39 Å². The third kappa shape index (κ3) is 3.14. The first-order valence-corrected chi connectivity index (χ1v) is 6.65. The third-order valence-electron chi connectivity index (χ3n) is 3.41. The molecule has 108 valence electrons. The molecular weight excluding hydrogens is 261 g/mol. The highest BCUT2D eigenvalue weighted by Gasteiger charge is 2.23. The maximum Gasteiger partial charge on any atom is 0.256 e. The van der Waals surface area contributed by atoms with Crippen LogP contribution in [0.15, 0.2) is 24.3 Å². The Kier molecular flexibility index (Phi) is 4.68. The lowest BCUT2D eigenvalue weighted by atomic mass is 10.2. The van der Waals surface area contributed by atoms with Gasteiger partial charge in [0.1, 0.15) is 5.82 Å². The van der Waals surface area contributed by atoms with Crippen molar-refractivity contribution in [3.8, 4) is 0 Å². The SMILES string of the molecule is NCC(=O)N1CCCN(C(=O)c2ccccc2F)CC1. The molecule has 0 bridgehead atoms. The number of benzene rings is 1. The number of hydrogen-bond acceptors (Lipinski definition) is 3. The van der Waals surface area contributed by atoms with Gasteiger partial charge in [0.15, 0.2) is 0 Å². The fraction of sp³-hybridized carbons (Fsp3) is 0.429. The fourth-order valence-electron chi connectivity index (χ4n) is 2.30. The lowest BCUT2D eigenvalue weighted by Crippen LogP contribution is -2.40. The van der Waals surface area contributed by atoms with Crippen LogP contribution in [-0.4, -0.2) is 54.3 Å². The van der Waals surface area contributed by atoms with Crippen LogP contribution in [0.1, 0.15) is 16.8 Å². The molecule has 20 heavy (non-hydrogen) atoms. The summed E-state index contributed by atoms with van der Waals surface area (Å²) in [4.78, 5) is 27.1. The molecule has 2 amide bonds. The van der Waals surface area contributed by atoms with Gasteiger partial charge in [0.2, 0.25) is 5.91 Å². The van der Waals surface area contributed by atoms with Gasteiger partial charge in [-0.1, -0.05) is 12.1 Å². The van der Waals surface area contributed by atoms with E-state index < -0.39 is 5.82 Å². The molecule has 1 fully saturated rings. The summed E-state index contributed by atoms with van der Waals surface area (Å²) in [5.74, 6) is -0.966. The number of halogens is 1. The predicted molar refractivity (Wildman–Crippen MR) is 72.6 cm³/mol. The van der Waals surface area contributed by atoms with Crippen LogP contribution < -0.4 is 5.73 Å². The van der Waals surface area contributed by atoms with Gasteiger partial charge in [-0.3, -0.25) is 9.59 Å². The first-order valence-electron chi connectivity index (χ1n) is 6.65. The zero-order chi connectivity index (χ0) is 14.5. The molecule has 5 nitrogen and oxygen atoms in total. The highest BCUT2D eigenvalue weighted by molar-refractivity contribution is 5.94. The van der Waals surface area contributed by atoms with Crippen LogP contribution in [0.2, 0.25) is 0 Å². The molecule has 1 aromatic carbocycles. The van der Waals surface area contributed by atoms with Gasteiger partial charge in [-0.2, -0.15) is 0 Å². The number of hydrogen-bond donors (Lipinski definition) is 1. The normalized spacial score (nSPS) is 15.9. The van der Waals surface area contributed by atoms with Crippen molar-refractivity contribution in [2.75, 3.05) is 32.7 Å². The molecule has 1 aliphatic heterocycles. The first kappa shape index (κ1) is 14.5. The smallest absolute Gasteiger partial charge is 0.256 e. The van der Waals surface area contributed by atoms with Crippen molar-refractivity contribution in [2.24, 2.45) is 5.73 Å². The molecule has 6 heteroatoms. The highest BCUT2D eigenvalue weighted by Crippen LogP contribution is 2.12. The molecule has 2 rings (SSSR count). The second-order valence-electron chi connectivity index (χ2n) is 4.71. The molecule has 1 saturated heterocycles. The van der Waals surface area contributed by atoms with E-state index in [1.165, 1.54) is 12.1 Å². The molecule has 0 atom stereocenters. The summed E-state index contributed by atoms with van der Waals surface area (Å²) < 4.78 is 13.6. The van der Waals surface area contributed by atoms with E-state index in [9.17, 15) is 14.0 Å². The summed E-state index contributed by atoms with van der Waals surface area (Å²) >= 11 is 0. The molecule has 0 saturated carbocycles. The Morgan fingerprint density at radius 3 is 2.45 bits per heavy atom. The number of amides is 2. The van der Waals surface area contributed by atoms with Crippen molar-refractivity contribution in [2.45, 2.75) is 6.42 Å². The quantitative estimate of drug-likeness (QED) is 0.855. The molecule has 0 aliphatic carbocycles. The van der Waals surface area contributed by atoms with Gasteiger partial charge in [-0.25, -0.2) is 4.39 Å². The number of carbonyl (C=O) groups excluding carboxylic acids is 2. The Labute approximate surface area is 117 Å². The van der Waals surface area contributed by atoms with Crippen LogP contribution in [0.3, 0.4) is 0 Å². The second-order valence-corrected chi connectivity index (χ2v) is 4.71. The zero-order valence-corrected chi connectivity index (χ0v) is 11.2. The topological polar surface area (TPSA) is 66.6 Å². The van der Waals surface area contributed by atoms with Crippen LogP contribution >= 0.6 is 0 Å². The van der Waals surface area contributed by atoms with E-state index in [-0.39, 0.29) is 23.9 Å². The van der Waals surface area contributed by atoms with Crippen LogP contribution in [-0.2, 0) is 4.79 Å². The molecule has 0 radical (unpaired) electrons. The Balaban J connectivity index is 2.05. The minimum atomic E-state index is -0.517. The molecule has 0 unspecified atom stereocenters. The van der Waals surface area contributed by atoms with Crippen molar-refractivity contribution < 1.29 is 14.0 Å². The Bertz CT molecular complexity index is 507. The van der Waals surface area contributed by atoms with E-state index in [2.05, 4.69) is 0 Å². The van der Waals surface area contributed by atoms with Crippen molar-refractivity contribution in [1.82, 2.24) is 9.80 Å².